The number of halogens is 3. The van der Waals surface area contributed by atoms with Crippen LogP contribution in [0.5, 0.6) is 0 Å². The van der Waals surface area contributed by atoms with Gasteiger partial charge in [-0.1, -0.05) is 5.16 Å². The van der Waals surface area contributed by atoms with E-state index in [9.17, 15) is 13.2 Å². The maximum atomic E-state index is 11.8. The highest BCUT2D eigenvalue weighted by Crippen LogP contribution is 2.15. The Morgan fingerprint density at radius 1 is 1.44 bits per heavy atom. The van der Waals surface area contributed by atoms with Gasteiger partial charge in [0.05, 0.1) is 6.04 Å². The number of hydrogen-bond donors (Lipinski definition) is 1. The van der Waals surface area contributed by atoms with Crippen molar-refractivity contribution < 1.29 is 22.4 Å². The highest BCUT2D eigenvalue weighted by molar-refractivity contribution is 4.93. The summed E-state index contributed by atoms with van der Waals surface area (Å²) in [4.78, 5) is 5.70. The van der Waals surface area contributed by atoms with Crippen LogP contribution in [0.3, 0.4) is 0 Å². The monoisotopic (exact) mass is 268 g/mol. The Morgan fingerprint density at radius 3 is 2.67 bits per heavy atom. The van der Waals surface area contributed by atoms with Crippen LogP contribution in [0.25, 0.3) is 0 Å². The topological polar surface area (TPSA) is 77.4 Å². The van der Waals surface area contributed by atoms with E-state index < -0.39 is 18.8 Å². The van der Waals surface area contributed by atoms with Crippen molar-refractivity contribution in [1.29, 1.82) is 0 Å². The number of nitrogens with zero attached hydrogens (tertiary/aromatic N) is 3. The third kappa shape index (κ3) is 5.43. The predicted octanol–water partition coefficient (Wildman–Crippen LogP) is 0.710. The Hall–Kier alpha value is -1.19. The summed E-state index contributed by atoms with van der Waals surface area (Å²) in [7, 11) is 3.65. The molecule has 1 aromatic heterocycles. The fourth-order valence-corrected chi connectivity index (χ4v) is 1.21. The molecule has 0 fully saturated rings. The molecule has 1 rings (SSSR count). The van der Waals surface area contributed by atoms with Gasteiger partial charge in [-0.2, -0.15) is 18.2 Å². The zero-order chi connectivity index (χ0) is 13.8. The summed E-state index contributed by atoms with van der Waals surface area (Å²) in [6.45, 7) is -1.24. The third-order valence-corrected chi connectivity index (χ3v) is 1.87. The van der Waals surface area contributed by atoms with Crippen molar-refractivity contribution in [3.8, 4) is 0 Å². The lowest BCUT2D eigenvalue weighted by molar-refractivity contribution is -0.178. The summed E-state index contributed by atoms with van der Waals surface area (Å²) < 4.78 is 44.6. The molecule has 0 spiro atoms. The van der Waals surface area contributed by atoms with Crippen molar-refractivity contribution in [3.05, 3.63) is 11.7 Å². The highest BCUT2D eigenvalue weighted by atomic mass is 19.4. The lowest BCUT2D eigenvalue weighted by Gasteiger charge is -2.12. The minimum atomic E-state index is -4.37. The van der Waals surface area contributed by atoms with Crippen LogP contribution in [0, 0.1) is 0 Å². The molecule has 0 aliphatic carbocycles. The predicted molar refractivity (Wildman–Crippen MR) is 55.5 cm³/mol. The number of rotatable bonds is 6. The van der Waals surface area contributed by atoms with E-state index in [0.717, 1.165) is 0 Å². The van der Waals surface area contributed by atoms with Crippen LogP contribution in [-0.4, -0.2) is 48.5 Å². The zero-order valence-corrected chi connectivity index (χ0v) is 10.1. The fraction of sp³-hybridized carbons (Fsp3) is 0.778. The molecule has 0 saturated heterocycles. The maximum absolute atomic E-state index is 11.8. The van der Waals surface area contributed by atoms with Crippen LogP contribution in [0.1, 0.15) is 17.8 Å². The minimum absolute atomic E-state index is 0.0246. The second-order valence-electron chi connectivity index (χ2n) is 4.02. The molecule has 0 aromatic carbocycles. The van der Waals surface area contributed by atoms with Crippen molar-refractivity contribution in [3.63, 3.8) is 0 Å². The Morgan fingerprint density at radius 2 is 2.11 bits per heavy atom. The van der Waals surface area contributed by atoms with Gasteiger partial charge in [0.25, 0.3) is 5.89 Å². The lowest BCUT2D eigenvalue weighted by atomic mass is 10.3. The van der Waals surface area contributed by atoms with Crippen molar-refractivity contribution in [1.82, 2.24) is 15.0 Å². The molecular formula is C9H15F3N4O2. The van der Waals surface area contributed by atoms with Crippen molar-refractivity contribution in [2.75, 3.05) is 27.2 Å². The first kappa shape index (κ1) is 14.9. The van der Waals surface area contributed by atoms with Crippen LogP contribution < -0.4 is 5.73 Å². The molecule has 1 heterocycles. The van der Waals surface area contributed by atoms with E-state index in [1.54, 1.807) is 0 Å². The van der Waals surface area contributed by atoms with Crippen LogP contribution in [0.15, 0.2) is 4.52 Å². The molecule has 1 unspecified atom stereocenters. The maximum Gasteiger partial charge on any atom is 0.411 e. The van der Waals surface area contributed by atoms with E-state index in [4.69, 9.17) is 10.3 Å². The normalized spacial score (nSPS) is 14.2. The van der Waals surface area contributed by atoms with Crippen molar-refractivity contribution in [2.45, 2.75) is 18.8 Å². The molecule has 104 valence electrons. The van der Waals surface area contributed by atoms with E-state index in [2.05, 4.69) is 14.9 Å². The average molecular weight is 268 g/mol. The Bertz CT molecular complexity index is 367. The quantitative estimate of drug-likeness (QED) is 0.818. The van der Waals surface area contributed by atoms with Crippen LogP contribution in [-0.2, 0) is 11.3 Å². The molecule has 6 nitrogen and oxygen atoms in total. The number of likely N-dealkylation sites (N-methyl/N-ethyl adjacent to an activating group) is 1. The van der Waals surface area contributed by atoms with E-state index in [0.29, 0.717) is 6.54 Å². The van der Waals surface area contributed by atoms with E-state index in [1.807, 2.05) is 19.0 Å². The first-order valence-corrected chi connectivity index (χ1v) is 5.15. The number of aromatic nitrogens is 2. The number of alkyl halides is 3. The molecular weight excluding hydrogens is 253 g/mol. The third-order valence-electron chi connectivity index (χ3n) is 1.87. The van der Waals surface area contributed by atoms with E-state index in [-0.39, 0.29) is 18.3 Å². The number of ether oxygens (including phenoxy) is 1. The van der Waals surface area contributed by atoms with Gasteiger partial charge in [-0.25, -0.2) is 0 Å². The SMILES string of the molecule is CN(C)CC(N)c1noc(COCC(F)(F)F)n1. The second-order valence-corrected chi connectivity index (χ2v) is 4.02. The molecule has 0 bridgehead atoms. The van der Waals surface area contributed by atoms with Crippen molar-refractivity contribution in [2.24, 2.45) is 5.73 Å². The first-order chi connectivity index (χ1) is 8.28. The van der Waals surface area contributed by atoms with E-state index >= 15 is 0 Å². The molecule has 1 aromatic rings. The lowest BCUT2D eigenvalue weighted by Crippen LogP contribution is -2.26. The summed E-state index contributed by atoms with van der Waals surface area (Å²) in [6, 6.07) is -0.458. The first-order valence-electron chi connectivity index (χ1n) is 5.15. The summed E-state index contributed by atoms with van der Waals surface area (Å²) >= 11 is 0. The Kier molecular flexibility index (Phi) is 5.05. The number of nitrogens with two attached hydrogens (primary N) is 1. The van der Waals surface area contributed by atoms with Crippen LogP contribution in [0.4, 0.5) is 13.2 Å². The van der Waals surface area contributed by atoms with E-state index in [1.165, 1.54) is 0 Å². The Labute approximate surface area is 102 Å². The fourth-order valence-electron chi connectivity index (χ4n) is 1.21. The van der Waals surface area contributed by atoms with Gasteiger partial charge in [-0.15, -0.1) is 0 Å². The van der Waals surface area contributed by atoms with Crippen LogP contribution in [0.2, 0.25) is 0 Å². The molecule has 18 heavy (non-hydrogen) atoms. The molecule has 9 heteroatoms. The summed E-state index contributed by atoms with van der Waals surface area (Å²) in [5, 5.41) is 3.59. The summed E-state index contributed by atoms with van der Waals surface area (Å²) in [5.41, 5.74) is 5.76. The Balaban J connectivity index is 2.43. The molecule has 1 atom stereocenters. The van der Waals surface area contributed by atoms with Crippen molar-refractivity contribution >= 4 is 0 Å². The highest BCUT2D eigenvalue weighted by Gasteiger charge is 2.27. The second kappa shape index (κ2) is 6.12. The molecule has 0 radical (unpaired) electrons. The minimum Gasteiger partial charge on any atom is -0.362 e. The molecule has 0 saturated carbocycles. The molecule has 0 aliphatic heterocycles. The molecule has 0 aliphatic rings. The number of hydrogen-bond acceptors (Lipinski definition) is 6. The largest absolute Gasteiger partial charge is 0.411 e. The van der Waals surface area contributed by atoms with Gasteiger partial charge in [-0.05, 0) is 14.1 Å². The summed E-state index contributed by atoms with van der Waals surface area (Å²) in [5.74, 6) is 0.220. The standard InChI is InChI=1S/C9H15F3N4O2/c1-16(2)3-6(13)8-14-7(18-15-8)4-17-5-9(10,11)12/h6H,3-5,13H2,1-2H3. The van der Waals surface area contributed by atoms with Gasteiger partial charge in [0.15, 0.2) is 5.82 Å². The zero-order valence-electron chi connectivity index (χ0n) is 10.1. The van der Waals surface area contributed by atoms with Gasteiger partial charge >= 0.3 is 6.18 Å². The molecule has 2 N–H and O–H groups in total. The van der Waals surface area contributed by atoms with Gasteiger partial charge in [0.2, 0.25) is 0 Å². The van der Waals surface area contributed by atoms with Gasteiger partial charge < -0.3 is 19.9 Å². The average Bonchev–Trinajstić information content (AvgIpc) is 2.63. The van der Waals surface area contributed by atoms with Gasteiger partial charge in [0.1, 0.15) is 13.2 Å². The van der Waals surface area contributed by atoms with Crippen LogP contribution >= 0.6 is 0 Å². The smallest absolute Gasteiger partial charge is 0.362 e. The summed E-state index contributed by atoms with van der Waals surface area (Å²) in [6.07, 6.45) is -4.37. The van der Waals surface area contributed by atoms with Gasteiger partial charge in [0, 0.05) is 6.54 Å². The van der Waals surface area contributed by atoms with Gasteiger partial charge in [-0.3, -0.25) is 0 Å². The molecule has 0 amide bonds.